The zero-order valence-electron chi connectivity index (χ0n) is 12.8. The highest BCUT2D eigenvalue weighted by molar-refractivity contribution is 9.10. The van der Waals surface area contributed by atoms with Crippen LogP contribution >= 0.6 is 27.5 Å². The van der Waals surface area contributed by atoms with Crippen LogP contribution in [0.3, 0.4) is 0 Å². The van der Waals surface area contributed by atoms with Crippen molar-refractivity contribution >= 4 is 39.1 Å². The Balaban J connectivity index is 1.59. The van der Waals surface area contributed by atoms with E-state index in [1.807, 2.05) is 30.3 Å². The molecule has 24 heavy (non-hydrogen) atoms. The number of hydrogen-bond donors (Lipinski definition) is 1. The van der Waals surface area contributed by atoms with E-state index >= 15 is 0 Å². The Morgan fingerprint density at radius 1 is 1.08 bits per heavy atom. The van der Waals surface area contributed by atoms with Crippen LogP contribution in [-0.4, -0.2) is 19.1 Å². The predicted octanol–water partition coefficient (Wildman–Crippen LogP) is 4.54. The number of benzene rings is 2. The van der Waals surface area contributed by atoms with Crippen LogP contribution in [-0.2, 0) is 10.2 Å². The molecule has 1 heterocycles. The van der Waals surface area contributed by atoms with Gasteiger partial charge in [0.15, 0.2) is 11.5 Å². The second-order valence-electron chi connectivity index (χ2n) is 6.02. The molecule has 0 atom stereocenters. The minimum Gasteiger partial charge on any atom is -0.486 e. The highest BCUT2D eigenvalue weighted by Crippen LogP contribution is 2.49. The summed E-state index contributed by atoms with van der Waals surface area (Å²) in [6.07, 6.45) is 1.67. The van der Waals surface area contributed by atoms with Crippen molar-refractivity contribution in [3.05, 3.63) is 51.5 Å². The molecule has 2 aromatic carbocycles. The Kier molecular flexibility index (Phi) is 3.93. The number of halogens is 2. The fourth-order valence-electron chi connectivity index (χ4n) is 2.94. The molecule has 0 saturated heterocycles. The minimum atomic E-state index is -0.461. The fourth-order valence-corrected chi connectivity index (χ4v) is 3.49. The highest BCUT2D eigenvalue weighted by Gasteiger charge is 2.51. The predicted molar refractivity (Wildman–Crippen MR) is 96.1 cm³/mol. The van der Waals surface area contributed by atoms with Gasteiger partial charge in [-0.3, -0.25) is 4.79 Å². The monoisotopic (exact) mass is 407 g/mol. The lowest BCUT2D eigenvalue weighted by molar-refractivity contribution is -0.118. The van der Waals surface area contributed by atoms with Crippen molar-refractivity contribution in [3.8, 4) is 11.5 Å². The van der Waals surface area contributed by atoms with E-state index in [1.54, 1.807) is 6.07 Å². The summed E-state index contributed by atoms with van der Waals surface area (Å²) in [6.45, 7) is 1.04. The highest BCUT2D eigenvalue weighted by atomic mass is 79.9. The molecular weight excluding hydrogens is 394 g/mol. The molecular formula is C18H15BrClNO3. The van der Waals surface area contributed by atoms with Crippen LogP contribution < -0.4 is 14.8 Å². The Labute approximate surface area is 153 Å². The van der Waals surface area contributed by atoms with Crippen LogP contribution in [0, 0.1) is 0 Å². The first-order valence-corrected chi connectivity index (χ1v) is 8.92. The lowest BCUT2D eigenvalue weighted by Gasteiger charge is -2.21. The lowest BCUT2D eigenvalue weighted by atomic mass is 9.95. The van der Waals surface area contributed by atoms with E-state index in [9.17, 15) is 4.79 Å². The molecule has 1 N–H and O–H groups in total. The average Bonchev–Trinajstić information content (AvgIpc) is 3.38. The van der Waals surface area contributed by atoms with Crippen molar-refractivity contribution in [2.75, 3.05) is 18.5 Å². The Bertz CT molecular complexity index is 803. The van der Waals surface area contributed by atoms with Gasteiger partial charge in [-0.25, -0.2) is 0 Å². The molecule has 1 amide bonds. The lowest BCUT2D eigenvalue weighted by Crippen LogP contribution is -2.28. The van der Waals surface area contributed by atoms with E-state index in [0.29, 0.717) is 35.4 Å². The molecule has 4 nitrogen and oxygen atoms in total. The number of ether oxygens (including phenoxy) is 2. The standard InChI is InChI=1S/C18H15BrClNO3/c19-13-9-15-16(24-8-7-23-15)10-14(13)21-17(22)18(5-6-18)11-1-3-12(20)4-2-11/h1-4,9-10H,5-8H2,(H,21,22). The van der Waals surface area contributed by atoms with Gasteiger partial charge in [0.1, 0.15) is 13.2 Å². The van der Waals surface area contributed by atoms with Crippen LogP contribution in [0.15, 0.2) is 40.9 Å². The van der Waals surface area contributed by atoms with Crippen LogP contribution in [0.2, 0.25) is 5.02 Å². The summed E-state index contributed by atoms with van der Waals surface area (Å²) in [5, 5.41) is 3.69. The molecule has 0 aromatic heterocycles. The molecule has 0 radical (unpaired) electrons. The van der Waals surface area contributed by atoms with Gasteiger partial charge in [0.05, 0.1) is 11.1 Å². The number of anilines is 1. The van der Waals surface area contributed by atoms with E-state index < -0.39 is 5.41 Å². The van der Waals surface area contributed by atoms with Crippen LogP contribution in [0.25, 0.3) is 0 Å². The van der Waals surface area contributed by atoms with Gasteiger partial charge in [0.2, 0.25) is 5.91 Å². The SMILES string of the molecule is O=C(Nc1cc2c(cc1Br)OCCO2)C1(c2ccc(Cl)cc2)CC1. The summed E-state index contributed by atoms with van der Waals surface area (Å²) in [7, 11) is 0. The maximum absolute atomic E-state index is 12.9. The van der Waals surface area contributed by atoms with Gasteiger partial charge < -0.3 is 14.8 Å². The number of amides is 1. The summed E-state index contributed by atoms with van der Waals surface area (Å²) in [6, 6.07) is 11.1. The Hall–Kier alpha value is -1.72. The first-order chi connectivity index (χ1) is 11.6. The van der Waals surface area contributed by atoms with Gasteiger partial charge in [0, 0.05) is 21.6 Å². The third kappa shape index (κ3) is 2.76. The zero-order valence-corrected chi connectivity index (χ0v) is 15.1. The van der Waals surface area contributed by atoms with Crippen molar-refractivity contribution in [2.45, 2.75) is 18.3 Å². The zero-order chi connectivity index (χ0) is 16.7. The van der Waals surface area contributed by atoms with Crippen molar-refractivity contribution in [1.82, 2.24) is 0 Å². The van der Waals surface area contributed by atoms with Crippen molar-refractivity contribution < 1.29 is 14.3 Å². The van der Waals surface area contributed by atoms with Gasteiger partial charge in [0.25, 0.3) is 0 Å². The second kappa shape index (κ2) is 5.97. The van der Waals surface area contributed by atoms with Crippen LogP contribution in [0.1, 0.15) is 18.4 Å². The first kappa shape index (κ1) is 15.8. The van der Waals surface area contributed by atoms with Crippen LogP contribution in [0.4, 0.5) is 5.69 Å². The number of carbonyl (C=O) groups is 1. The maximum Gasteiger partial charge on any atom is 0.235 e. The third-order valence-electron chi connectivity index (χ3n) is 4.46. The van der Waals surface area contributed by atoms with E-state index in [2.05, 4.69) is 21.2 Å². The van der Waals surface area contributed by atoms with E-state index in [4.69, 9.17) is 21.1 Å². The molecule has 1 saturated carbocycles. The molecule has 4 rings (SSSR count). The molecule has 0 spiro atoms. The summed E-state index contributed by atoms with van der Waals surface area (Å²) < 4.78 is 11.9. The van der Waals surface area contributed by atoms with Gasteiger partial charge in [-0.2, -0.15) is 0 Å². The summed E-state index contributed by atoms with van der Waals surface area (Å²) in [5.74, 6) is 1.32. The van der Waals surface area contributed by atoms with E-state index in [1.165, 1.54) is 0 Å². The van der Waals surface area contributed by atoms with Gasteiger partial charge in [-0.15, -0.1) is 0 Å². The largest absolute Gasteiger partial charge is 0.486 e. The molecule has 2 aromatic rings. The third-order valence-corrected chi connectivity index (χ3v) is 5.37. The number of fused-ring (bicyclic) bond motifs is 1. The fraction of sp³-hybridized carbons (Fsp3) is 0.278. The Morgan fingerprint density at radius 3 is 2.33 bits per heavy atom. The van der Waals surface area contributed by atoms with Crippen molar-refractivity contribution in [3.63, 3.8) is 0 Å². The molecule has 2 aliphatic rings. The van der Waals surface area contributed by atoms with Gasteiger partial charge in [-0.05, 0) is 46.5 Å². The summed E-state index contributed by atoms with van der Waals surface area (Å²) in [5.41, 5.74) is 1.22. The molecule has 0 bridgehead atoms. The molecule has 124 valence electrons. The van der Waals surface area contributed by atoms with E-state index in [-0.39, 0.29) is 5.91 Å². The smallest absolute Gasteiger partial charge is 0.235 e. The number of hydrogen-bond acceptors (Lipinski definition) is 3. The number of nitrogens with one attached hydrogen (secondary N) is 1. The molecule has 6 heteroatoms. The second-order valence-corrected chi connectivity index (χ2v) is 7.31. The topological polar surface area (TPSA) is 47.6 Å². The number of carbonyl (C=O) groups excluding carboxylic acids is 1. The summed E-state index contributed by atoms with van der Waals surface area (Å²) in [4.78, 5) is 12.9. The molecule has 1 fully saturated rings. The van der Waals surface area contributed by atoms with Crippen LogP contribution in [0.5, 0.6) is 11.5 Å². The molecule has 1 aliphatic heterocycles. The van der Waals surface area contributed by atoms with Crippen molar-refractivity contribution in [2.24, 2.45) is 0 Å². The minimum absolute atomic E-state index is 0.0119. The quantitative estimate of drug-likeness (QED) is 0.811. The average molecular weight is 409 g/mol. The van der Waals surface area contributed by atoms with Gasteiger partial charge in [-0.1, -0.05) is 23.7 Å². The summed E-state index contributed by atoms with van der Waals surface area (Å²) >= 11 is 9.44. The van der Waals surface area contributed by atoms with Crippen molar-refractivity contribution in [1.29, 1.82) is 0 Å². The normalized spacial score (nSPS) is 17.2. The first-order valence-electron chi connectivity index (χ1n) is 7.75. The molecule has 1 aliphatic carbocycles. The van der Waals surface area contributed by atoms with Gasteiger partial charge >= 0.3 is 0 Å². The Morgan fingerprint density at radius 2 is 1.71 bits per heavy atom. The maximum atomic E-state index is 12.9. The number of rotatable bonds is 3. The molecule has 0 unspecified atom stereocenters. The van der Waals surface area contributed by atoms with E-state index in [0.717, 1.165) is 22.9 Å².